The van der Waals surface area contributed by atoms with Gasteiger partial charge in [0.25, 0.3) is 0 Å². The van der Waals surface area contributed by atoms with Crippen molar-refractivity contribution < 1.29 is 19.1 Å². The molecule has 39 heavy (non-hydrogen) atoms. The number of carbonyl (C=O) groups excluding carboxylic acids is 3. The van der Waals surface area contributed by atoms with Gasteiger partial charge < -0.3 is 20.3 Å². The number of hydrogen-bond acceptors (Lipinski definition) is 4. The summed E-state index contributed by atoms with van der Waals surface area (Å²) in [6.07, 6.45) is 10.6. The first kappa shape index (κ1) is 26.5. The molecule has 1 aromatic rings. The molecule has 2 aliphatic carbocycles. The highest BCUT2D eigenvalue weighted by molar-refractivity contribution is 6.03. The van der Waals surface area contributed by atoms with Crippen molar-refractivity contribution in [2.45, 2.75) is 102 Å². The van der Waals surface area contributed by atoms with Crippen LogP contribution in [-0.2, 0) is 19.1 Å². The maximum atomic E-state index is 14.4. The number of likely N-dealkylation sites (tertiary alicyclic amines) is 1. The average molecular weight is 534 g/mol. The Morgan fingerprint density at radius 1 is 1.00 bits per heavy atom. The smallest absolute Gasteiger partial charge is 0.246 e. The Hall–Kier alpha value is -2.67. The quantitative estimate of drug-likeness (QED) is 0.542. The van der Waals surface area contributed by atoms with Crippen molar-refractivity contribution >= 4 is 23.4 Å². The van der Waals surface area contributed by atoms with Gasteiger partial charge in [-0.2, -0.15) is 0 Å². The number of amides is 3. The molecule has 1 aromatic carbocycles. The van der Waals surface area contributed by atoms with Crippen LogP contribution < -0.4 is 10.6 Å². The molecule has 7 heteroatoms. The number of nitrogens with zero attached hydrogens (tertiary/aromatic N) is 1. The number of anilines is 1. The molecule has 0 radical (unpaired) electrons. The van der Waals surface area contributed by atoms with Gasteiger partial charge in [0.1, 0.15) is 11.6 Å². The molecule has 2 bridgehead atoms. The summed E-state index contributed by atoms with van der Waals surface area (Å²) in [5.74, 6) is -0.608. The number of rotatable bonds is 5. The zero-order valence-corrected chi connectivity index (χ0v) is 23.7. The van der Waals surface area contributed by atoms with Crippen LogP contribution in [0.4, 0.5) is 5.69 Å². The van der Waals surface area contributed by atoms with E-state index in [1.807, 2.05) is 48.2 Å². The van der Waals surface area contributed by atoms with Crippen LogP contribution >= 0.6 is 0 Å². The van der Waals surface area contributed by atoms with Gasteiger partial charge in [-0.1, -0.05) is 70.7 Å². The van der Waals surface area contributed by atoms with Gasteiger partial charge in [-0.25, -0.2) is 0 Å². The predicted molar refractivity (Wildman–Crippen MR) is 150 cm³/mol. The van der Waals surface area contributed by atoms with Crippen molar-refractivity contribution in [1.29, 1.82) is 0 Å². The Morgan fingerprint density at radius 3 is 2.54 bits per heavy atom. The monoisotopic (exact) mass is 533 g/mol. The van der Waals surface area contributed by atoms with Gasteiger partial charge in [0.2, 0.25) is 17.7 Å². The normalized spacial score (nSPS) is 41.0. The Morgan fingerprint density at radius 2 is 1.77 bits per heavy atom. The highest BCUT2D eigenvalue weighted by Crippen LogP contribution is 2.56. The van der Waals surface area contributed by atoms with E-state index in [2.05, 4.69) is 31.4 Å². The Labute approximate surface area is 232 Å². The maximum Gasteiger partial charge on any atom is 0.246 e. The Kier molecular flexibility index (Phi) is 6.85. The zero-order valence-electron chi connectivity index (χ0n) is 23.7. The van der Waals surface area contributed by atoms with Crippen LogP contribution in [0.3, 0.4) is 0 Å². The standard InChI is InChI=1S/C32H43N3O4/c1-18-9-7-12-22(17-18)33-29(36)26-25-15-16-32(39-25)27(26)31(38)35(24-14-6-5-10-20(24)3)28(32)30(37)34-23-13-8-11-19(2)21(23)4/h7,9,12,15-17,19-21,23-28H,5-6,8,10-11,13-14H2,1-4H3,(H,33,36)(H,34,37)/t19-,20+,21+,23-,24-,25-,26+,27-,28-,32-/m1/s1. The molecule has 4 fully saturated rings. The summed E-state index contributed by atoms with van der Waals surface area (Å²) in [5, 5.41) is 6.42. The van der Waals surface area contributed by atoms with Crippen molar-refractivity contribution in [3.05, 3.63) is 42.0 Å². The van der Waals surface area contributed by atoms with Gasteiger partial charge in [-0.05, 0) is 61.6 Å². The second kappa shape index (κ2) is 10.1. The Bertz CT molecular complexity index is 1180. The molecule has 0 aromatic heterocycles. The topological polar surface area (TPSA) is 87.7 Å². The molecule has 2 N–H and O–H groups in total. The third kappa shape index (κ3) is 4.32. The van der Waals surface area contributed by atoms with E-state index in [9.17, 15) is 14.4 Å². The molecule has 2 saturated heterocycles. The van der Waals surface area contributed by atoms with E-state index in [1.54, 1.807) is 0 Å². The predicted octanol–water partition coefficient (Wildman–Crippen LogP) is 4.60. The van der Waals surface area contributed by atoms with Crippen molar-refractivity contribution in [3.8, 4) is 0 Å². The summed E-state index contributed by atoms with van der Waals surface area (Å²) in [6, 6.07) is 6.97. The van der Waals surface area contributed by atoms with E-state index in [0.717, 1.165) is 44.1 Å². The average Bonchev–Trinajstić information content (AvgIpc) is 3.54. The molecule has 6 rings (SSSR count). The molecule has 7 nitrogen and oxygen atoms in total. The minimum atomic E-state index is -1.11. The molecular weight excluding hydrogens is 490 g/mol. The summed E-state index contributed by atoms with van der Waals surface area (Å²) < 4.78 is 6.58. The molecule has 3 aliphatic heterocycles. The molecule has 0 unspecified atom stereocenters. The maximum absolute atomic E-state index is 14.4. The number of fused-ring (bicyclic) bond motifs is 1. The fourth-order valence-electron chi connectivity index (χ4n) is 8.27. The lowest BCUT2D eigenvalue weighted by Gasteiger charge is -2.42. The molecule has 5 aliphatic rings. The summed E-state index contributed by atoms with van der Waals surface area (Å²) in [5.41, 5.74) is 0.644. The first-order chi connectivity index (χ1) is 18.7. The van der Waals surface area contributed by atoms with Crippen molar-refractivity contribution in [2.75, 3.05) is 5.32 Å². The number of nitrogens with one attached hydrogen (secondary N) is 2. The molecule has 210 valence electrons. The van der Waals surface area contributed by atoms with E-state index < -0.39 is 29.6 Å². The summed E-state index contributed by atoms with van der Waals surface area (Å²) in [6.45, 7) is 8.65. The molecular formula is C32H43N3O4. The van der Waals surface area contributed by atoms with Gasteiger partial charge in [-0.3, -0.25) is 14.4 Å². The van der Waals surface area contributed by atoms with Crippen LogP contribution in [0.1, 0.15) is 71.3 Å². The van der Waals surface area contributed by atoms with Crippen LogP contribution in [0.2, 0.25) is 0 Å². The number of carbonyl (C=O) groups is 3. The minimum absolute atomic E-state index is 0.0267. The lowest BCUT2D eigenvalue weighted by molar-refractivity contribution is -0.146. The summed E-state index contributed by atoms with van der Waals surface area (Å²) in [7, 11) is 0. The van der Waals surface area contributed by atoms with E-state index in [0.29, 0.717) is 23.4 Å². The van der Waals surface area contributed by atoms with Crippen LogP contribution in [0.5, 0.6) is 0 Å². The van der Waals surface area contributed by atoms with Crippen molar-refractivity contribution in [2.24, 2.45) is 29.6 Å². The van der Waals surface area contributed by atoms with Gasteiger partial charge in [0, 0.05) is 17.8 Å². The first-order valence-corrected chi connectivity index (χ1v) is 15.1. The van der Waals surface area contributed by atoms with Gasteiger partial charge in [0.15, 0.2) is 0 Å². The third-order valence-corrected chi connectivity index (χ3v) is 10.6. The zero-order chi connectivity index (χ0) is 27.5. The van der Waals surface area contributed by atoms with Crippen molar-refractivity contribution in [1.82, 2.24) is 10.2 Å². The largest absolute Gasteiger partial charge is 0.359 e. The second-order valence-corrected chi connectivity index (χ2v) is 13.0. The third-order valence-electron chi connectivity index (χ3n) is 10.6. The fourth-order valence-corrected chi connectivity index (χ4v) is 8.27. The second-order valence-electron chi connectivity index (χ2n) is 13.0. The first-order valence-electron chi connectivity index (χ1n) is 15.1. The minimum Gasteiger partial charge on any atom is -0.359 e. The molecule has 3 heterocycles. The lowest BCUT2D eigenvalue weighted by Crippen LogP contribution is -2.60. The Balaban J connectivity index is 1.34. The summed E-state index contributed by atoms with van der Waals surface area (Å²) >= 11 is 0. The molecule has 3 amide bonds. The summed E-state index contributed by atoms with van der Waals surface area (Å²) in [4.78, 5) is 44.3. The number of hydrogen-bond donors (Lipinski definition) is 2. The van der Waals surface area contributed by atoms with Crippen LogP contribution in [0.15, 0.2) is 36.4 Å². The molecule has 10 atom stereocenters. The van der Waals surface area contributed by atoms with E-state index >= 15 is 0 Å². The van der Waals surface area contributed by atoms with E-state index in [4.69, 9.17) is 4.74 Å². The van der Waals surface area contributed by atoms with Gasteiger partial charge >= 0.3 is 0 Å². The van der Waals surface area contributed by atoms with Crippen LogP contribution in [-0.4, -0.2) is 52.5 Å². The van der Waals surface area contributed by atoms with Gasteiger partial charge in [0.05, 0.1) is 17.9 Å². The highest BCUT2D eigenvalue weighted by Gasteiger charge is 2.73. The van der Waals surface area contributed by atoms with Crippen LogP contribution in [0, 0.1) is 36.5 Å². The van der Waals surface area contributed by atoms with Crippen molar-refractivity contribution in [3.63, 3.8) is 0 Å². The number of ether oxygens (including phenoxy) is 1. The van der Waals surface area contributed by atoms with E-state index in [-0.39, 0.29) is 29.8 Å². The number of aryl methyl sites for hydroxylation is 1. The van der Waals surface area contributed by atoms with Crippen LogP contribution in [0.25, 0.3) is 0 Å². The molecule has 1 spiro atoms. The van der Waals surface area contributed by atoms with E-state index in [1.165, 1.54) is 6.42 Å². The SMILES string of the molecule is Cc1cccc(NC(=O)[C@H]2[C@H]3C=C[C@@]4(O3)[C@H]2C(=O)N([C@@H]2CCCC[C@@H]2C)[C@@H]4C(=O)N[C@@H]2CCC[C@@H](C)[C@@H]2C)c1. The highest BCUT2D eigenvalue weighted by atomic mass is 16.5. The fraction of sp³-hybridized carbons (Fsp3) is 0.656. The molecule has 2 saturated carbocycles. The lowest BCUT2D eigenvalue weighted by atomic mass is 9.73. The van der Waals surface area contributed by atoms with Gasteiger partial charge in [-0.15, -0.1) is 0 Å². The number of benzene rings is 1.